The fourth-order valence-electron chi connectivity index (χ4n) is 1.02. The highest BCUT2D eigenvalue weighted by Crippen LogP contribution is 2.25. The van der Waals surface area contributed by atoms with E-state index in [0.717, 1.165) is 0 Å². The van der Waals surface area contributed by atoms with Crippen LogP contribution in [0.2, 0.25) is 0 Å². The number of ether oxygens (including phenoxy) is 1. The molecule has 3 aliphatic rings. The minimum absolute atomic E-state index is 0.440. The van der Waals surface area contributed by atoms with E-state index in [0.29, 0.717) is 12.5 Å². The molecule has 0 aromatic heterocycles. The summed E-state index contributed by atoms with van der Waals surface area (Å²) < 4.78 is 5.14. The topological polar surface area (TPSA) is 21.3 Å². The number of hydrogen-bond donors (Lipinski definition) is 1. The largest absolute Gasteiger partial charge is 0.345 e. The first kappa shape index (κ1) is 2.99. The second kappa shape index (κ2) is 0.768. The van der Waals surface area contributed by atoms with E-state index in [9.17, 15) is 0 Å². The van der Waals surface area contributed by atoms with Gasteiger partial charge in [-0.2, -0.15) is 0 Å². The second-order valence-electron chi connectivity index (χ2n) is 1.86. The number of hydrogen-bond acceptors (Lipinski definition) is 2. The van der Waals surface area contributed by atoms with E-state index >= 15 is 0 Å². The predicted molar refractivity (Wildman–Crippen MR) is 21.0 cm³/mol. The molecular weight excluding hydrogens is 78.0 g/mol. The smallest absolute Gasteiger partial charge is 0.112 e. The van der Waals surface area contributed by atoms with Gasteiger partial charge in [-0.3, -0.25) is 5.32 Å². The molecule has 3 rings (SSSR count). The third kappa shape index (κ3) is 0.200. The second-order valence-corrected chi connectivity index (χ2v) is 1.86. The van der Waals surface area contributed by atoms with Gasteiger partial charge in [0.05, 0.1) is 0 Å². The molecule has 0 spiro atoms. The molecule has 1 unspecified atom stereocenters. The standard InChI is InChI=1S/C4H7NO/c1-2-4-5-3(1)6-4/h3-5H,1-2H2/t3-,4?/m1/s1. The zero-order chi connectivity index (χ0) is 3.98. The zero-order valence-electron chi connectivity index (χ0n) is 3.48. The van der Waals surface area contributed by atoms with Crippen LogP contribution < -0.4 is 5.32 Å². The highest BCUT2D eigenvalue weighted by molar-refractivity contribution is 4.80. The molecule has 3 aliphatic heterocycles. The quantitative estimate of drug-likeness (QED) is 0.449. The molecular formula is C4H7NO. The van der Waals surface area contributed by atoms with Crippen molar-refractivity contribution in [2.45, 2.75) is 25.3 Å². The zero-order valence-corrected chi connectivity index (χ0v) is 3.48. The van der Waals surface area contributed by atoms with Crippen LogP contribution >= 0.6 is 0 Å². The van der Waals surface area contributed by atoms with Crippen LogP contribution in [0.5, 0.6) is 0 Å². The van der Waals surface area contributed by atoms with Crippen LogP contribution in [0.4, 0.5) is 0 Å². The van der Waals surface area contributed by atoms with Crippen LogP contribution in [0.15, 0.2) is 0 Å². The van der Waals surface area contributed by atoms with Crippen molar-refractivity contribution >= 4 is 0 Å². The Labute approximate surface area is 36.5 Å². The average molecular weight is 85.1 g/mol. The first-order valence-corrected chi connectivity index (χ1v) is 2.37. The van der Waals surface area contributed by atoms with Crippen LogP contribution in [0.1, 0.15) is 12.8 Å². The maximum absolute atomic E-state index is 5.14. The fraction of sp³-hybridized carbons (Fsp3) is 1.00. The Bertz CT molecular complexity index is 54.4. The molecule has 6 heavy (non-hydrogen) atoms. The van der Waals surface area contributed by atoms with Gasteiger partial charge in [0.15, 0.2) is 0 Å². The summed E-state index contributed by atoms with van der Waals surface area (Å²) >= 11 is 0. The van der Waals surface area contributed by atoms with Crippen molar-refractivity contribution in [3.05, 3.63) is 0 Å². The number of fused-ring (bicyclic) bond motifs is 1. The minimum Gasteiger partial charge on any atom is -0.345 e. The summed E-state index contributed by atoms with van der Waals surface area (Å²) in [6.07, 6.45) is 3.33. The molecule has 0 saturated carbocycles. The van der Waals surface area contributed by atoms with Gasteiger partial charge in [-0.1, -0.05) is 0 Å². The maximum atomic E-state index is 5.14. The summed E-state index contributed by atoms with van der Waals surface area (Å²) in [4.78, 5) is 0. The molecule has 3 fully saturated rings. The molecule has 2 atom stereocenters. The summed E-state index contributed by atoms with van der Waals surface area (Å²) in [6, 6.07) is 0. The molecule has 0 aromatic rings. The molecule has 3 saturated heterocycles. The lowest BCUT2D eigenvalue weighted by Crippen LogP contribution is -2.46. The van der Waals surface area contributed by atoms with E-state index in [1.165, 1.54) is 12.8 Å². The maximum Gasteiger partial charge on any atom is 0.112 e. The molecule has 2 nitrogen and oxygen atoms in total. The third-order valence-corrected chi connectivity index (χ3v) is 1.39. The van der Waals surface area contributed by atoms with Crippen molar-refractivity contribution in [1.29, 1.82) is 0 Å². The normalized spacial score (nSPS) is 52.0. The third-order valence-electron chi connectivity index (χ3n) is 1.39. The molecule has 0 amide bonds. The van der Waals surface area contributed by atoms with Crippen LogP contribution in [-0.4, -0.2) is 12.5 Å². The Kier molecular flexibility index (Phi) is 0.383. The van der Waals surface area contributed by atoms with Crippen molar-refractivity contribution in [1.82, 2.24) is 5.32 Å². The van der Waals surface area contributed by atoms with Crippen LogP contribution in [0.25, 0.3) is 0 Å². The van der Waals surface area contributed by atoms with Gasteiger partial charge >= 0.3 is 0 Å². The van der Waals surface area contributed by atoms with E-state index in [4.69, 9.17) is 4.74 Å². The molecule has 3 heterocycles. The van der Waals surface area contributed by atoms with E-state index in [1.807, 2.05) is 0 Å². The highest BCUT2D eigenvalue weighted by atomic mass is 16.6. The first-order valence-electron chi connectivity index (χ1n) is 2.37. The minimum atomic E-state index is 0.440. The van der Waals surface area contributed by atoms with Gasteiger partial charge < -0.3 is 4.74 Å². The summed E-state index contributed by atoms with van der Waals surface area (Å²) in [7, 11) is 0. The van der Waals surface area contributed by atoms with Crippen LogP contribution in [-0.2, 0) is 4.74 Å². The Hall–Kier alpha value is -0.0800. The van der Waals surface area contributed by atoms with E-state index in [1.54, 1.807) is 0 Å². The van der Waals surface area contributed by atoms with E-state index < -0.39 is 0 Å². The lowest BCUT2D eigenvalue weighted by Gasteiger charge is -2.25. The van der Waals surface area contributed by atoms with Gasteiger partial charge in [-0.15, -0.1) is 0 Å². The summed E-state index contributed by atoms with van der Waals surface area (Å²) in [6.45, 7) is 0. The predicted octanol–water partition coefficient (Wildman–Crippen LogP) is 0.0522. The van der Waals surface area contributed by atoms with Gasteiger partial charge in [0, 0.05) is 0 Å². The summed E-state index contributed by atoms with van der Waals surface area (Å²) in [5.74, 6) is 0. The van der Waals surface area contributed by atoms with Crippen molar-refractivity contribution in [3.63, 3.8) is 0 Å². The molecule has 2 bridgehead atoms. The number of nitrogens with one attached hydrogen (secondary N) is 1. The van der Waals surface area contributed by atoms with Crippen molar-refractivity contribution < 1.29 is 4.74 Å². The van der Waals surface area contributed by atoms with Crippen LogP contribution in [0, 0.1) is 0 Å². The molecule has 0 aromatic carbocycles. The Balaban J connectivity index is 2.16. The van der Waals surface area contributed by atoms with Gasteiger partial charge in [0.25, 0.3) is 0 Å². The Morgan fingerprint density at radius 2 is 1.83 bits per heavy atom. The fourth-order valence-corrected chi connectivity index (χ4v) is 1.02. The van der Waals surface area contributed by atoms with E-state index in [2.05, 4.69) is 5.32 Å². The molecule has 2 heteroatoms. The SMILES string of the molecule is C1C[C@@H]2NC1O2. The van der Waals surface area contributed by atoms with E-state index in [-0.39, 0.29) is 0 Å². The van der Waals surface area contributed by atoms with Crippen molar-refractivity contribution in [2.75, 3.05) is 0 Å². The lowest BCUT2D eigenvalue weighted by molar-refractivity contribution is -0.104. The average Bonchev–Trinajstić information content (AvgIpc) is 1.72. The van der Waals surface area contributed by atoms with Gasteiger partial charge in [-0.25, -0.2) is 0 Å². The Morgan fingerprint density at radius 1 is 1.33 bits per heavy atom. The summed E-state index contributed by atoms with van der Waals surface area (Å²) in [5.41, 5.74) is 0. The molecule has 0 aliphatic carbocycles. The van der Waals surface area contributed by atoms with Crippen molar-refractivity contribution in [3.8, 4) is 0 Å². The molecule has 34 valence electrons. The van der Waals surface area contributed by atoms with Gasteiger partial charge in [-0.05, 0) is 12.8 Å². The summed E-state index contributed by atoms with van der Waals surface area (Å²) in [5, 5.41) is 3.19. The lowest BCUT2D eigenvalue weighted by atomic mass is 10.4. The number of rotatable bonds is 0. The monoisotopic (exact) mass is 85.1 g/mol. The van der Waals surface area contributed by atoms with Gasteiger partial charge in [0.1, 0.15) is 12.5 Å². The first-order chi connectivity index (χ1) is 2.95. The molecule has 1 N–H and O–H groups in total. The Morgan fingerprint density at radius 3 is 2.00 bits per heavy atom. The highest BCUT2D eigenvalue weighted by Gasteiger charge is 2.35. The van der Waals surface area contributed by atoms with Gasteiger partial charge in [0.2, 0.25) is 0 Å². The van der Waals surface area contributed by atoms with Crippen molar-refractivity contribution in [2.24, 2.45) is 0 Å². The molecule has 0 radical (unpaired) electrons. The van der Waals surface area contributed by atoms with Crippen LogP contribution in [0.3, 0.4) is 0 Å².